The zero-order chi connectivity index (χ0) is 13.8. The van der Waals surface area contributed by atoms with Gasteiger partial charge in [0, 0.05) is 33.7 Å². The molecule has 1 saturated heterocycles. The maximum Gasteiger partial charge on any atom is 0.324 e. The highest BCUT2D eigenvalue weighted by Crippen LogP contribution is 2.23. The van der Waals surface area contributed by atoms with E-state index in [-0.39, 0.29) is 6.03 Å². The number of carbonyl (C=O) groups is 2. The normalized spacial score (nSPS) is 18.2. The number of urea groups is 1. The standard InChI is InChI=1S/C12H21N3O3/c1-4-7-13-12(10(16)17)5-8-15(9-6-12)11(18)14(2)3/h4,13H,1,5-9H2,2-3H3,(H,16,17). The van der Waals surface area contributed by atoms with E-state index in [2.05, 4.69) is 11.9 Å². The van der Waals surface area contributed by atoms with E-state index in [4.69, 9.17) is 0 Å². The SMILES string of the molecule is C=CCNC1(C(=O)O)CCN(C(=O)N(C)C)CC1. The Hall–Kier alpha value is -1.56. The second kappa shape index (κ2) is 5.86. The van der Waals surface area contributed by atoms with E-state index < -0.39 is 11.5 Å². The Morgan fingerprint density at radius 1 is 1.44 bits per heavy atom. The van der Waals surface area contributed by atoms with Gasteiger partial charge in [0.15, 0.2) is 0 Å². The van der Waals surface area contributed by atoms with Crippen LogP contribution in [0.2, 0.25) is 0 Å². The van der Waals surface area contributed by atoms with Crippen LogP contribution < -0.4 is 5.32 Å². The van der Waals surface area contributed by atoms with E-state index in [1.54, 1.807) is 25.1 Å². The Bertz CT molecular complexity index is 333. The number of aliphatic carboxylic acids is 1. The lowest BCUT2D eigenvalue weighted by atomic mass is 9.87. The fourth-order valence-electron chi connectivity index (χ4n) is 2.10. The van der Waals surface area contributed by atoms with E-state index >= 15 is 0 Å². The van der Waals surface area contributed by atoms with Gasteiger partial charge in [-0.1, -0.05) is 6.08 Å². The summed E-state index contributed by atoms with van der Waals surface area (Å²) in [7, 11) is 3.38. The molecule has 6 heteroatoms. The highest BCUT2D eigenvalue weighted by molar-refractivity contribution is 5.80. The lowest BCUT2D eigenvalue weighted by molar-refractivity contribution is -0.146. The van der Waals surface area contributed by atoms with Crippen molar-refractivity contribution in [3.05, 3.63) is 12.7 Å². The van der Waals surface area contributed by atoms with E-state index in [0.717, 1.165) is 0 Å². The summed E-state index contributed by atoms with van der Waals surface area (Å²) in [6.07, 6.45) is 2.47. The van der Waals surface area contributed by atoms with Crippen LogP contribution in [0.5, 0.6) is 0 Å². The fraction of sp³-hybridized carbons (Fsp3) is 0.667. The number of nitrogens with zero attached hydrogens (tertiary/aromatic N) is 2. The molecule has 1 aliphatic rings. The molecule has 0 radical (unpaired) electrons. The molecule has 0 bridgehead atoms. The zero-order valence-electron chi connectivity index (χ0n) is 11.0. The maximum atomic E-state index is 11.8. The van der Waals surface area contributed by atoms with Crippen molar-refractivity contribution in [2.75, 3.05) is 33.7 Å². The van der Waals surface area contributed by atoms with Gasteiger partial charge in [0.05, 0.1) is 0 Å². The topological polar surface area (TPSA) is 72.9 Å². The van der Waals surface area contributed by atoms with Crippen molar-refractivity contribution in [2.45, 2.75) is 18.4 Å². The molecule has 102 valence electrons. The number of carboxylic acids is 1. The first-order valence-electron chi connectivity index (χ1n) is 5.98. The summed E-state index contributed by atoms with van der Waals surface area (Å²) in [4.78, 5) is 26.3. The van der Waals surface area contributed by atoms with Crippen LogP contribution in [0.1, 0.15) is 12.8 Å². The van der Waals surface area contributed by atoms with Crippen LogP contribution in [0, 0.1) is 0 Å². The van der Waals surface area contributed by atoms with Gasteiger partial charge in [0.25, 0.3) is 0 Å². The molecule has 0 aromatic heterocycles. The highest BCUT2D eigenvalue weighted by atomic mass is 16.4. The average Bonchev–Trinajstić information content (AvgIpc) is 2.35. The predicted molar refractivity (Wildman–Crippen MR) is 68.5 cm³/mol. The Labute approximate surface area is 107 Å². The molecule has 6 nitrogen and oxygen atoms in total. The molecule has 1 aliphatic heterocycles. The van der Waals surface area contributed by atoms with Gasteiger partial charge in [-0.3, -0.25) is 10.1 Å². The number of rotatable bonds is 4. The molecule has 0 atom stereocenters. The van der Waals surface area contributed by atoms with Gasteiger partial charge in [0.2, 0.25) is 0 Å². The van der Waals surface area contributed by atoms with Crippen LogP contribution in [0.25, 0.3) is 0 Å². The first-order chi connectivity index (χ1) is 8.43. The van der Waals surface area contributed by atoms with Gasteiger partial charge in [0.1, 0.15) is 5.54 Å². The Balaban J connectivity index is 2.66. The number of hydrogen-bond donors (Lipinski definition) is 2. The van der Waals surface area contributed by atoms with E-state index in [1.165, 1.54) is 4.90 Å². The number of carbonyl (C=O) groups excluding carboxylic acids is 1. The van der Waals surface area contributed by atoms with Crippen LogP contribution in [0.4, 0.5) is 4.79 Å². The molecule has 0 saturated carbocycles. The van der Waals surface area contributed by atoms with Crippen molar-refractivity contribution in [2.24, 2.45) is 0 Å². The van der Waals surface area contributed by atoms with Gasteiger partial charge >= 0.3 is 12.0 Å². The number of amides is 2. The quantitative estimate of drug-likeness (QED) is 0.712. The smallest absolute Gasteiger partial charge is 0.324 e. The molecule has 18 heavy (non-hydrogen) atoms. The number of hydrogen-bond acceptors (Lipinski definition) is 3. The summed E-state index contributed by atoms with van der Waals surface area (Å²) >= 11 is 0. The van der Waals surface area contributed by atoms with Crippen LogP contribution in [0.3, 0.4) is 0 Å². The molecule has 1 fully saturated rings. The monoisotopic (exact) mass is 255 g/mol. The molecular formula is C12H21N3O3. The molecule has 0 unspecified atom stereocenters. The molecule has 1 heterocycles. The van der Waals surface area contributed by atoms with Crippen molar-refractivity contribution in [3.63, 3.8) is 0 Å². The first kappa shape index (κ1) is 14.5. The zero-order valence-corrected chi connectivity index (χ0v) is 11.0. The molecular weight excluding hydrogens is 234 g/mol. The van der Waals surface area contributed by atoms with Crippen LogP contribution >= 0.6 is 0 Å². The summed E-state index contributed by atoms with van der Waals surface area (Å²) in [5.74, 6) is -0.860. The predicted octanol–water partition coefficient (Wildman–Crippen LogP) is 0.363. The summed E-state index contributed by atoms with van der Waals surface area (Å²) in [5, 5.41) is 12.3. The molecule has 0 spiro atoms. The fourth-order valence-corrected chi connectivity index (χ4v) is 2.10. The summed E-state index contributed by atoms with van der Waals surface area (Å²) in [5.41, 5.74) is -0.933. The molecule has 0 aromatic carbocycles. The van der Waals surface area contributed by atoms with Crippen molar-refractivity contribution in [1.82, 2.24) is 15.1 Å². The minimum Gasteiger partial charge on any atom is -0.480 e. The lowest BCUT2D eigenvalue weighted by Gasteiger charge is -2.40. The second-order valence-corrected chi connectivity index (χ2v) is 4.72. The maximum absolute atomic E-state index is 11.8. The van der Waals surface area contributed by atoms with Gasteiger partial charge < -0.3 is 14.9 Å². The number of carboxylic acid groups (broad SMARTS) is 1. The summed E-state index contributed by atoms with van der Waals surface area (Å²) < 4.78 is 0. The lowest BCUT2D eigenvalue weighted by Crippen LogP contribution is -2.59. The van der Waals surface area contributed by atoms with E-state index in [0.29, 0.717) is 32.5 Å². The first-order valence-corrected chi connectivity index (χ1v) is 5.98. The van der Waals surface area contributed by atoms with E-state index in [9.17, 15) is 14.7 Å². The summed E-state index contributed by atoms with van der Waals surface area (Å²) in [6, 6.07) is -0.0716. The van der Waals surface area contributed by atoms with Gasteiger partial charge in [-0.2, -0.15) is 0 Å². The second-order valence-electron chi connectivity index (χ2n) is 4.72. The molecule has 2 amide bonds. The van der Waals surface area contributed by atoms with Crippen LogP contribution in [0.15, 0.2) is 12.7 Å². The third-order valence-corrected chi connectivity index (χ3v) is 3.26. The molecule has 0 aliphatic carbocycles. The Kier molecular flexibility index (Phi) is 4.72. The minimum absolute atomic E-state index is 0.0716. The van der Waals surface area contributed by atoms with Gasteiger partial charge in [-0.25, -0.2) is 4.79 Å². The Morgan fingerprint density at radius 3 is 2.39 bits per heavy atom. The van der Waals surface area contributed by atoms with Crippen molar-refractivity contribution < 1.29 is 14.7 Å². The third kappa shape index (κ3) is 3.01. The number of likely N-dealkylation sites (tertiary alicyclic amines) is 1. The number of piperidine rings is 1. The van der Waals surface area contributed by atoms with Crippen LogP contribution in [-0.4, -0.2) is 66.2 Å². The Morgan fingerprint density at radius 2 is 2.00 bits per heavy atom. The van der Waals surface area contributed by atoms with E-state index in [1.807, 2.05) is 0 Å². The highest BCUT2D eigenvalue weighted by Gasteiger charge is 2.41. The number of nitrogens with one attached hydrogen (secondary N) is 1. The minimum atomic E-state index is -0.933. The van der Waals surface area contributed by atoms with Crippen molar-refractivity contribution >= 4 is 12.0 Å². The average molecular weight is 255 g/mol. The molecule has 0 aromatic rings. The van der Waals surface area contributed by atoms with Crippen molar-refractivity contribution in [1.29, 1.82) is 0 Å². The largest absolute Gasteiger partial charge is 0.480 e. The van der Waals surface area contributed by atoms with Gasteiger partial charge in [-0.15, -0.1) is 6.58 Å². The van der Waals surface area contributed by atoms with Crippen LogP contribution in [-0.2, 0) is 4.79 Å². The molecule has 2 N–H and O–H groups in total. The van der Waals surface area contributed by atoms with Crippen molar-refractivity contribution in [3.8, 4) is 0 Å². The molecule has 1 rings (SSSR count). The summed E-state index contributed by atoms with van der Waals surface area (Å²) in [6.45, 7) is 4.93. The third-order valence-electron chi connectivity index (χ3n) is 3.26. The van der Waals surface area contributed by atoms with Gasteiger partial charge in [-0.05, 0) is 12.8 Å².